The number of carbonyl (C=O) groups excluding carboxylic acids is 2. The summed E-state index contributed by atoms with van der Waals surface area (Å²) in [6, 6.07) is 12.9. The Morgan fingerprint density at radius 3 is 2.22 bits per heavy atom. The topological polar surface area (TPSA) is 92.4 Å². The lowest BCUT2D eigenvalue weighted by atomic mass is 10.2. The molecule has 2 N–H and O–H groups in total. The number of para-hydroxylation sites is 2. The first-order valence-corrected chi connectivity index (χ1v) is 10.5. The molecule has 1 aliphatic rings. The number of anilines is 2. The van der Waals surface area contributed by atoms with Crippen molar-refractivity contribution in [1.82, 2.24) is 10.2 Å². The van der Waals surface area contributed by atoms with Crippen molar-refractivity contribution in [3.05, 3.63) is 42.5 Å². The van der Waals surface area contributed by atoms with E-state index in [-0.39, 0.29) is 0 Å². The van der Waals surface area contributed by atoms with Crippen LogP contribution in [0.1, 0.15) is 0 Å². The number of benzene rings is 2. The minimum Gasteiger partial charge on any atom is -0.495 e. The van der Waals surface area contributed by atoms with Gasteiger partial charge in [-0.05, 0) is 24.3 Å². The first-order valence-electron chi connectivity index (χ1n) is 10.5. The smallest absolute Gasteiger partial charge is 0.313 e. The Morgan fingerprint density at radius 2 is 1.53 bits per heavy atom. The largest absolute Gasteiger partial charge is 0.495 e. The molecule has 32 heavy (non-hydrogen) atoms. The van der Waals surface area contributed by atoms with E-state index in [0.717, 1.165) is 37.6 Å². The molecule has 2 amide bonds. The van der Waals surface area contributed by atoms with Gasteiger partial charge in [0.15, 0.2) is 11.5 Å². The van der Waals surface area contributed by atoms with Crippen LogP contribution in [0.4, 0.5) is 11.4 Å². The molecule has 1 saturated heterocycles. The Balaban J connectivity index is 1.41. The van der Waals surface area contributed by atoms with Crippen molar-refractivity contribution in [3.8, 4) is 17.2 Å². The van der Waals surface area contributed by atoms with Crippen molar-refractivity contribution in [3.63, 3.8) is 0 Å². The highest BCUT2D eigenvalue weighted by Crippen LogP contribution is 2.30. The molecule has 9 nitrogen and oxygen atoms in total. The molecule has 2 aromatic rings. The highest BCUT2D eigenvalue weighted by Gasteiger charge is 2.20. The van der Waals surface area contributed by atoms with Gasteiger partial charge in [0.25, 0.3) is 0 Å². The first kappa shape index (κ1) is 23.2. The summed E-state index contributed by atoms with van der Waals surface area (Å²) in [6.45, 7) is 4.54. The second-order valence-electron chi connectivity index (χ2n) is 7.28. The third-order valence-corrected chi connectivity index (χ3v) is 5.36. The molecule has 0 unspecified atom stereocenters. The number of nitrogens with zero attached hydrogens (tertiary/aromatic N) is 2. The Labute approximate surface area is 188 Å². The fourth-order valence-electron chi connectivity index (χ4n) is 3.61. The maximum atomic E-state index is 12.2. The molecule has 9 heteroatoms. The van der Waals surface area contributed by atoms with E-state index >= 15 is 0 Å². The van der Waals surface area contributed by atoms with Crippen molar-refractivity contribution in [2.24, 2.45) is 0 Å². The van der Waals surface area contributed by atoms with Crippen LogP contribution in [0.2, 0.25) is 0 Å². The molecular weight excluding hydrogens is 412 g/mol. The SMILES string of the molecule is COc1ccc(NC(=O)C(=O)NCCN2CCN(c3ccccc3OC)CC2)cc1OC. The zero-order valence-corrected chi connectivity index (χ0v) is 18.7. The van der Waals surface area contributed by atoms with Gasteiger partial charge in [-0.15, -0.1) is 0 Å². The van der Waals surface area contributed by atoms with Crippen molar-refractivity contribution >= 4 is 23.2 Å². The monoisotopic (exact) mass is 442 g/mol. The van der Waals surface area contributed by atoms with Gasteiger partial charge in [-0.1, -0.05) is 12.1 Å². The van der Waals surface area contributed by atoms with Gasteiger partial charge in [0.05, 0.1) is 27.0 Å². The highest BCUT2D eigenvalue weighted by molar-refractivity contribution is 6.39. The zero-order chi connectivity index (χ0) is 22.9. The molecule has 0 spiro atoms. The van der Waals surface area contributed by atoms with Crippen molar-refractivity contribution < 1.29 is 23.8 Å². The summed E-state index contributed by atoms with van der Waals surface area (Å²) >= 11 is 0. The number of hydrogen-bond donors (Lipinski definition) is 2. The lowest BCUT2D eigenvalue weighted by molar-refractivity contribution is -0.136. The van der Waals surface area contributed by atoms with Gasteiger partial charge in [0.2, 0.25) is 0 Å². The third-order valence-electron chi connectivity index (χ3n) is 5.36. The van der Waals surface area contributed by atoms with Gasteiger partial charge in [-0.3, -0.25) is 14.5 Å². The van der Waals surface area contributed by atoms with Crippen molar-refractivity contribution in [2.45, 2.75) is 0 Å². The molecule has 0 saturated carbocycles. The molecule has 0 atom stereocenters. The van der Waals surface area contributed by atoms with E-state index in [2.05, 4.69) is 26.5 Å². The number of rotatable bonds is 8. The van der Waals surface area contributed by atoms with Crippen LogP contribution in [0.25, 0.3) is 0 Å². The van der Waals surface area contributed by atoms with E-state index in [1.807, 2.05) is 18.2 Å². The van der Waals surface area contributed by atoms with Gasteiger partial charge in [-0.2, -0.15) is 0 Å². The standard InChI is InChI=1S/C23H30N4O5/c1-30-19-7-5-4-6-18(19)27-14-12-26(13-15-27)11-10-24-22(28)23(29)25-17-8-9-20(31-2)21(16-17)32-3/h4-9,16H,10-15H2,1-3H3,(H,24,28)(H,25,29). The Kier molecular flexibility index (Phi) is 8.15. The number of nitrogens with one attached hydrogen (secondary N) is 2. The summed E-state index contributed by atoms with van der Waals surface area (Å²) in [6.07, 6.45) is 0. The molecule has 0 bridgehead atoms. The Bertz CT molecular complexity index is 928. The van der Waals surface area contributed by atoms with Crippen LogP contribution >= 0.6 is 0 Å². The molecule has 1 aliphatic heterocycles. The van der Waals surface area contributed by atoms with Crippen LogP contribution in [0, 0.1) is 0 Å². The van der Waals surface area contributed by atoms with Crippen molar-refractivity contribution in [1.29, 1.82) is 0 Å². The third kappa shape index (κ3) is 5.82. The average Bonchev–Trinajstić information content (AvgIpc) is 2.84. The number of hydrogen-bond acceptors (Lipinski definition) is 7. The highest BCUT2D eigenvalue weighted by atomic mass is 16.5. The molecule has 3 rings (SSSR count). The molecule has 2 aromatic carbocycles. The summed E-state index contributed by atoms with van der Waals surface area (Å²) in [5.41, 5.74) is 1.55. The quantitative estimate of drug-likeness (QED) is 0.600. The predicted molar refractivity (Wildman–Crippen MR) is 123 cm³/mol. The number of ether oxygens (including phenoxy) is 3. The van der Waals surface area contributed by atoms with E-state index in [1.54, 1.807) is 25.3 Å². The predicted octanol–water partition coefficient (Wildman–Crippen LogP) is 1.59. The summed E-state index contributed by atoms with van der Waals surface area (Å²) in [4.78, 5) is 28.9. The molecular formula is C23H30N4O5. The normalized spacial score (nSPS) is 13.9. The first-order chi connectivity index (χ1) is 15.5. The molecule has 1 heterocycles. The minimum atomic E-state index is -0.724. The average molecular weight is 443 g/mol. The van der Waals surface area contributed by atoms with E-state index < -0.39 is 11.8 Å². The fraction of sp³-hybridized carbons (Fsp3) is 0.391. The fourth-order valence-corrected chi connectivity index (χ4v) is 3.61. The molecule has 0 aromatic heterocycles. The number of carbonyl (C=O) groups is 2. The van der Waals surface area contributed by atoms with Gasteiger partial charge in [0, 0.05) is 51.0 Å². The lowest BCUT2D eigenvalue weighted by Crippen LogP contribution is -2.49. The summed E-state index contributed by atoms with van der Waals surface area (Å²) in [5.74, 6) is 0.484. The van der Waals surface area contributed by atoms with E-state index in [1.165, 1.54) is 14.2 Å². The second kappa shape index (κ2) is 11.2. The van der Waals surface area contributed by atoms with Crippen LogP contribution in [0.15, 0.2) is 42.5 Å². The maximum absolute atomic E-state index is 12.2. The van der Waals surface area contributed by atoms with E-state index in [0.29, 0.717) is 30.3 Å². The van der Waals surface area contributed by atoms with Gasteiger partial charge >= 0.3 is 11.8 Å². The molecule has 172 valence electrons. The molecule has 1 fully saturated rings. The lowest BCUT2D eigenvalue weighted by Gasteiger charge is -2.36. The van der Waals surface area contributed by atoms with Gasteiger partial charge in [0.1, 0.15) is 5.75 Å². The van der Waals surface area contributed by atoms with Crippen LogP contribution in [-0.4, -0.2) is 77.3 Å². The number of methoxy groups -OCH3 is 3. The Morgan fingerprint density at radius 1 is 0.844 bits per heavy atom. The minimum absolute atomic E-state index is 0.396. The van der Waals surface area contributed by atoms with Gasteiger partial charge in [-0.25, -0.2) is 0 Å². The summed E-state index contributed by atoms with van der Waals surface area (Å²) < 4.78 is 15.8. The summed E-state index contributed by atoms with van der Waals surface area (Å²) in [7, 11) is 4.72. The Hall–Kier alpha value is -3.46. The summed E-state index contributed by atoms with van der Waals surface area (Å²) in [5, 5.41) is 5.25. The van der Waals surface area contributed by atoms with Crippen LogP contribution < -0.4 is 29.7 Å². The van der Waals surface area contributed by atoms with Gasteiger partial charge < -0.3 is 29.7 Å². The van der Waals surface area contributed by atoms with Crippen LogP contribution in [0.3, 0.4) is 0 Å². The van der Waals surface area contributed by atoms with E-state index in [4.69, 9.17) is 14.2 Å². The van der Waals surface area contributed by atoms with Crippen LogP contribution in [-0.2, 0) is 9.59 Å². The zero-order valence-electron chi connectivity index (χ0n) is 18.7. The molecule has 0 aliphatic carbocycles. The maximum Gasteiger partial charge on any atom is 0.313 e. The van der Waals surface area contributed by atoms with Crippen LogP contribution in [0.5, 0.6) is 17.2 Å². The van der Waals surface area contributed by atoms with Crippen molar-refractivity contribution in [2.75, 3.05) is 70.8 Å². The van der Waals surface area contributed by atoms with E-state index in [9.17, 15) is 9.59 Å². The molecule has 0 radical (unpaired) electrons. The second-order valence-corrected chi connectivity index (χ2v) is 7.28. The number of amides is 2. The number of piperazine rings is 1.